The summed E-state index contributed by atoms with van der Waals surface area (Å²) in [5.41, 5.74) is 3.85. The third kappa shape index (κ3) is 5.70. The number of hydrogen-bond donors (Lipinski definition) is 1. The van der Waals surface area contributed by atoms with E-state index in [1.54, 1.807) is 31.4 Å². The van der Waals surface area contributed by atoms with Crippen LogP contribution in [0.5, 0.6) is 17.2 Å². The largest absolute Gasteiger partial charge is 0.495 e. The molecular weight excluding hydrogens is 414 g/mol. The molecule has 5 nitrogen and oxygen atoms in total. The zero-order chi connectivity index (χ0) is 22.4. The topological polar surface area (TPSA) is 56.8 Å². The zero-order valence-electron chi connectivity index (χ0n) is 18.1. The van der Waals surface area contributed by atoms with E-state index in [0.717, 1.165) is 16.7 Å². The van der Waals surface area contributed by atoms with Crippen molar-refractivity contribution < 1.29 is 19.0 Å². The summed E-state index contributed by atoms with van der Waals surface area (Å²) in [6.07, 6.45) is 0. The van der Waals surface area contributed by atoms with Crippen LogP contribution in [0.25, 0.3) is 0 Å². The first-order chi connectivity index (χ1) is 14.9. The van der Waals surface area contributed by atoms with Crippen molar-refractivity contribution >= 4 is 23.2 Å². The molecule has 0 unspecified atom stereocenters. The molecule has 0 atom stereocenters. The van der Waals surface area contributed by atoms with Gasteiger partial charge in [0.1, 0.15) is 23.9 Å². The van der Waals surface area contributed by atoms with Gasteiger partial charge in [-0.05, 0) is 80.4 Å². The lowest BCUT2D eigenvalue weighted by atomic mass is 10.1. The molecule has 0 aliphatic heterocycles. The summed E-state index contributed by atoms with van der Waals surface area (Å²) in [4.78, 5) is 12.9. The van der Waals surface area contributed by atoms with Crippen molar-refractivity contribution in [3.63, 3.8) is 0 Å². The molecule has 6 heteroatoms. The van der Waals surface area contributed by atoms with E-state index in [1.807, 2.05) is 51.1 Å². The molecule has 0 saturated heterocycles. The summed E-state index contributed by atoms with van der Waals surface area (Å²) in [5, 5.41) is 3.61. The number of halogens is 1. The predicted molar refractivity (Wildman–Crippen MR) is 124 cm³/mol. The summed E-state index contributed by atoms with van der Waals surface area (Å²) >= 11 is 6.09. The minimum absolute atomic E-state index is 0.240. The number of anilines is 1. The maximum Gasteiger partial charge on any atom is 0.255 e. The number of benzene rings is 3. The van der Waals surface area contributed by atoms with Crippen LogP contribution in [0.15, 0.2) is 54.6 Å². The Kier molecular flexibility index (Phi) is 7.42. The molecule has 0 spiro atoms. The average Bonchev–Trinajstić information content (AvgIpc) is 2.75. The van der Waals surface area contributed by atoms with Crippen LogP contribution >= 0.6 is 11.6 Å². The van der Waals surface area contributed by atoms with E-state index >= 15 is 0 Å². The lowest BCUT2D eigenvalue weighted by Gasteiger charge is -2.15. The fourth-order valence-electron chi connectivity index (χ4n) is 3.11. The summed E-state index contributed by atoms with van der Waals surface area (Å²) in [6.45, 7) is 6.56. The van der Waals surface area contributed by atoms with E-state index in [2.05, 4.69) is 5.32 Å². The van der Waals surface area contributed by atoms with Crippen molar-refractivity contribution in [1.29, 1.82) is 0 Å². The maximum absolute atomic E-state index is 12.9. The summed E-state index contributed by atoms with van der Waals surface area (Å²) in [7, 11) is 1.57. The highest BCUT2D eigenvalue weighted by molar-refractivity contribution is 6.31. The molecule has 31 heavy (non-hydrogen) atoms. The van der Waals surface area contributed by atoms with Crippen LogP contribution in [-0.2, 0) is 6.61 Å². The van der Waals surface area contributed by atoms with Crippen molar-refractivity contribution in [3.05, 3.63) is 81.9 Å². The molecule has 0 bridgehead atoms. The van der Waals surface area contributed by atoms with Gasteiger partial charge >= 0.3 is 0 Å². The van der Waals surface area contributed by atoms with Crippen LogP contribution in [0.3, 0.4) is 0 Å². The average molecular weight is 440 g/mol. The Bertz CT molecular complexity index is 1080. The Hall–Kier alpha value is -3.18. The third-order valence-electron chi connectivity index (χ3n) is 4.75. The molecule has 1 amide bonds. The normalized spacial score (nSPS) is 10.5. The van der Waals surface area contributed by atoms with E-state index in [0.29, 0.717) is 40.1 Å². The van der Waals surface area contributed by atoms with Gasteiger partial charge in [-0.2, -0.15) is 0 Å². The van der Waals surface area contributed by atoms with Gasteiger partial charge in [-0.15, -0.1) is 0 Å². The fourth-order valence-corrected chi connectivity index (χ4v) is 3.23. The minimum atomic E-state index is -0.240. The number of nitrogens with one attached hydrogen (secondary N) is 1. The van der Waals surface area contributed by atoms with E-state index in [9.17, 15) is 4.79 Å². The molecule has 0 fully saturated rings. The highest BCUT2D eigenvalue weighted by Gasteiger charge is 2.14. The van der Waals surface area contributed by atoms with Gasteiger partial charge in [0.2, 0.25) is 0 Å². The summed E-state index contributed by atoms with van der Waals surface area (Å²) in [5.74, 6) is 1.74. The number of ether oxygens (including phenoxy) is 3. The molecule has 0 saturated carbocycles. The predicted octanol–water partition coefficient (Wildman–Crippen LogP) is 6.20. The Morgan fingerprint density at radius 3 is 2.45 bits per heavy atom. The van der Waals surface area contributed by atoms with Gasteiger partial charge in [0.05, 0.1) is 19.4 Å². The van der Waals surface area contributed by atoms with Crippen LogP contribution < -0.4 is 19.5 Å². The van der Waals surface area contributed by atoms with Crippen molar-refractivity contribution in [2.24, 2.45) is 0 Å². The third-order valence-corrected chi connectivity index (χ3v) is 5.17. The Balaban J connectivity index is 1.82. The number of rotatable bonds is 8. The molecule has 1 N–H and O–H groups in total. The van der Waals surface area contributed by atoms with Crippen molar-refractivity contribution in [2.45, 2.75) is 27.4 Å². The minimum Gasteiger partial charge on any atom is -0.495 e. The van der Waals surface area contributed by atoms with Crippen LogP contribution in [-0.4, -0.2) is 19.6 Å². The van der Waals surface area contributed by atoms with Crippen LogP contribution in [0.4, 0.5) is 5.69 Å². The Morgan fingerprint density at radius 2 is 1.74 bits per heavy atom. The second-order valence-electron chi connectivity index (χ2n) is 7.11. The first-order valence-corrected chi connectivity index (χ1v) is 10.4. The number of amides is 1. The van der Waals surface area contributed by atoms with Gasteiger partial charge in [0.15, 0.2) is 0 Å². The number of aryl methyl sites for hydroxylation is 2. The lowest BCUT2D eigenvalue weighted by Crippen LogP contribution is -2.14. The maximum atomic E-state index is 12.9. The van der Waals surface area contributed by atoms with Gasteiger partial charge < -0.3 is 19.5 Å². The molecule has 162 valence electrons. The molecule has 3 rings (SSSR count). The monoisotopic (exact) mass is 439 g/mol. The summed E-state index contributed by atoms with van der Waals surface area (Å²) < 4.78 is 17.0. The molecule has 0 aliphatic rings. The molecule has 0 radical (unpaired) electrons. The fraction of sp³-hybridized carbons (Fsp3) is 0.240. The van der Waals surface area contributed by atoms with E-state index < -0.39 is 0 Å². The smallest absolute Gasteiger partial charge is 0.255 e. The highest BCUT2D eigenvalue weighted by Crippen LogP contribution is 2.28. The quantitative estimate of drug-likeness (QED) is 0.454. The first kappa shape index (κ1) is 22.5. The molecule has 0 aliphatic carbocycles. The van der Waals surface area contributed by atoms with Crippen LogP contribution in [0, 0.1) is 13.8 Å². The zero-order valence-corrected chi connectivity index (χ0v) is 18.9. The van der Waals surface area contributed by atoms with Crippen molar-refractivity contribution in [3.8, 4) is 17.2 Å². The molecule has 3 aromatic carbocycles. The molecular formula is C25H26ClNO4. The lowest BCUT2D eigenvalue weighted by molar-refractivity contribution is 0.102. The number of hydrogen-bond acceptors (Lipinski definition) is 4. The second kappa shape index (κ2) is 10.2. The Labute approximate surface area is 187 Å². The highest BCUT2D eigenvalue weighted by atomic mass is 35.5. The van der Waals surface area contributed by atoms with E-state index in [4.69, 9.17) is 25.8 Å². The van der Waals surface area contributed by atoms with Crippen LogP contribution in [0.1, 0.15) is 34.0 Å². The number of carbonyl (C=O) groups is 1. The van der Waals surface area contributed by atoms with Gasteiger partial charge in [-0.25, -0.2) is 0 Å². The molecule has 0 heterocycles. The standard InChI is InChI=1S/C25H26ClNO4/c1-5-30-23-11-7-18(25(28)27-22-12-16(2)6-10-24(22)29-4)14-19(23)15-31-20-8-9-21(26)17(3)13-20/h6-14H,5,15H2,1-4H3,(H,27,28). The molecule has 3 aromatic rings. The van der Waals surface area contributed by atoms with Gasteiger partial charge in [-0.1, -0.05) is 17.7 Å². The van der Waals surface area contributed by atoms with Crippen molar-refractivity contribution in [1.82, 2.24) is 0 Å². The number of methoxy groups -OCH3 is 1. The van der Waals surface area contributed by atoms with Crippen LogP contribution in [0.2, 0.25) is 5.02 Å². The first-order valence-electron chi connectivity index (χ1n) is 10.0. The SMILES string of the molecule is CCOc1ccc(C(=O)Nc2cc(C)ccc2OC)cc1COc1ccc(Cl)c(C)c1. The Morgan fingerprint density at radius 1 is 0.968 bits per heavy atom. The van der Waals surface area contributed by atoms with E-state index in [-0.39, 0.29) is 12.5 Å². The number of carbonyl (C=O) groups excluding carboxylic acids is 1. The summed E-state index contributed by atoms with van der Waals surface area (Å²) in [6, 6.07) is 16.4. The van der Waals surface area contributed by atoms with E-state index in [1.165, 1.54) is 0 Å². The molecule has 0 aromatic heterocycles. The second-order valence-corrected chi connectivity index (χ2v) is 7.52. The van der Waals surface area contributed by atoms with Gasteiger partial charge in [-0.3, -0.25) is 4.79 Å². The van der Waals surface area contributed by atoms with Crippen molar-refractivity contribution in [2.75, 3.05) is 19.0 Å². The van der Waals surface area contributed by atoms with Gasteiger partial charge in [0, 0.05) is 16.1 Å². The van der Waals surface area contributed by atoms with Gasteiger partial charge in [0.25, 0.3) is 5.91 Å².